The van der Waals surface area contributed by atoms with Crippen molar-refractivity contribution in [1.82, 2.24) is 0 Å². The number of aromatic hydroxyl groups is 3. The molecule has 0 aliphatic carbocycles. The number of ether oxygens (including phenoxy) is 1. The molecular formula is C29H36O5. The van der Waals surface area contributed by atoms with E-state index in [1.165, 1.54) is 6.07 Å². The summed E-state index contributed by atoms with van der Waals surface area (Å²) in [5.41, 5.74) is 2.70. The van der Waals surface area contributed by atoms with Crippen molar-refractivity contribution < 1.29 is 25.2 Å². The molecule has 0 saturated heterocycles. The largest absolute Gasteiger partial charge is 0.508 e. The number of phenols is 3. The van der Waals surface area contributed by atoms with Gasteiger partial charge in [0.2, 0.25) is 0 Å². The van der Waals surface area contributed by atoms with Crippen LogP contribution < -0.4 is 4.74 Å². The summed E-state index contributed by atoms with van der Waals surface area (Å²) in [6.07, 6.45) is 2.92. The monoisotopic (exact) mass is 464 g/mol. The van der Waals surface area contributed by atoms with Gasteiger partial charge in [-0.2, -0.15) is 0 Å². The van der Waals surface area contributed by atoms with Crippen LogP contribution in [0.4, 0.5) is 0 Å². The Balaban J connectivity index is 1.77. The molecule has 0 unspecified atom stereocenters. The summed E-state index contributed by atoms with van der Waals surface area (Å²) in [5, 5.41) is 42.0. The number of aliphatic hydroxyl groups is 1. The third-order valence-electron chi connectivity index (χ3n) is 6.16. The Kier molecular flexibility index (Phi) is 7.78. The molecule has 3 aromatic rings. The van der Waals surface area contributed by atoms with Crippen LogP contribution in [0, 0.1) is 19.8 Å². The third kappa shape index (κ3) is 6.45. The zero-order chi connectivity index (χ0) is 25.0. The van der Waals surface area contributed by atoms with E-state index in [4.69, 9.17) is 4.74 Å². The number of rotatable bonds is 9. The smallest absolute Gasteiger partial charge is 0.131 e. The summed E-state index contributed by atoms with van der Waals surface area (Å²) in [6.45, 7) is 9.81. The van der Waals surface area contributed by atoms with Crippen LogP contribution in [0.5, 0.6) is 28.7 Å². The summed E-state index contributed by atoms with van der Waals surface area (Å²) in [6, 6.07) is 13.7. The van der Waals surface area contributed by atoms with Gasteiger partial charge < -0.3 is 25.2 Å². The zero-order valence-electron chi connectivity index (χ0n) is 20.7. The Bertz CT molecular complexity index is 1100. The fraction of sp³-hybridized carbons (Fsp3) is 0.379. The fourth-order valence-electron chi connectivity index (χ4n) is 4.31. The molecule has 4 N–H and O–H groups in total. The Morgan fingerprint density at radius 3 is 2.21 bits per heavy atom. The molecule has 0 heterocycles. The minimum Gasteiger partial charge on any atom is -0.508 e. The van der Waals surface area contributed by atoms with E-state index in [2.05, 4.69) is 13.8 Å². The molecule has 0 amide bonds. The van der Waals surface area contributed by atoms with E-state index in [9.17, 15) is 20.4 Å². The van der Waals surface area contributed by atoms with Crippen LogP contribution in [-0.2, 0) is 12.0 Å². The maximum atomic E-state index is 10.9. The summed E-state index contributed by atoms with van der Waals surface area (Å²) in [7, 11) is 0. The van der Waals surface area contributed by atoms with Crippen molar-refractivity contribution >= 4 is 0 Å². The van der Waals surface area contributed by atoms with E-state index in [1.54, 1.807) is 31.2 Å². The van der Waals surface area contributed by atoms with Gasteiger partial charge in [0.1, 0.15) is 28.7 Å². The molecule has 0 aliphatic rings. The van der Waals surface area contributed by atoms with Crippen LogP contribution >= 0.6 is 0 Å². The van der Waals surface area contributed by atoms with Gasteiger partial charge in [0.15, 0.2) is 0 Å². The van der Waals surface area contributed by atoms with E-state index in [0.29, 0.717) is 35.8 Å². The van der Waals surface area contributed by atoms with Gasteiger partial charge in [0.05, 0.1) is 5.60 Å². The van der Waals surface area contributed by atoms with Crippen LogP contribution in [0.15, 0.2) is 48.5 Å². The van der Waals surface area contributed by atoms with E-state index in [0.717, 1.165) is 35.1 Å². The first-order valence-electron chi connectivity index (χ1n) is 11.8. The molecule has 0 saturated carbocycles. The van der Waals surface area contributed by atoms with Gasteiger partial charge in [-0.25, -0.2) is 0 Å². The van der Waals surface area contributed by atoms with Gasteiger partial charge in [-0.05, 0) is 80.5 Å². The number of hydrogen-bond donors (Lipinski definition) is 4. The lowest BCUT2D eigenvalue weighted by molar-refractivity contribution is 0.0417. The molecule has 0 spiro atoms. The van der Waals surface area contributed by atoms with Crippen LogP contribution in [0.25, 0.3) is 0 Å². The van der Waals surface area contributed by atoms with E-state index in [-0.39, 0.29) is 17.2 Å². The molecule has 1 atom stereocenters. The summed E-state index contributed by atoms with van der Waals surface area (Å²) in [4.78, 5) is 0. The quantitative estimate of drug-likeness (QED) is 0.278. The molecule has 3 aromatic carbocycles. The van der Waals surface area contributed by atoms with Crippen molar-refractivity contribution in [2.24, 2.45) is 5.92 Å². The van der Waals surface area contributed by atoms with Crippen molar-refractivity contribution in [3.8, 4) is 28.7 Å². The second kappa shape index (κ2) is 10.4. The molecule has 0 aliphatic heterocycles. The average Bonchev–Trinajstić information content (AvgIpc) is 2.69. The SMILES string of the molecule is Cc1cc(O)cc(Oc2cc(C)c(Cc3ccc([C@@](C)(O)CCCC(C)C)c(O)c3)c(O)c2)c1. The van der Waals surface area contributed by atoms with Crippen molar-refractivity contribution in [2.75, 3.05) is 0 Å². The number of aryl methyl sites for hydroxylation is 2. The number of benzene rings is 3. The fourth-order valence-corrected chi connectivity index (χ4v) is 4.31. The van der Waals surface area contributed by atoms with Crippen molar-refractivity contribution in [3.05, 3.63) is 76.3 Å². The van der Waals surface area contributed by atoms with Crippen LogP contribution in [-0.4, -0.2) is 20.4 Å². The molecule has 5 nitrogen and oxygen atoms in total. The zero-order valence-corrected chi connectivity index (χ0v) is 20.7. The van der Waals surface area contributed by atoms with Crippen molar-refractivity contribution in [1.29, 1.82) is 0 Å². The summed E-state index contributed by atoms with van der Waals surface area (Å²) in [5.74, 6) is 1.81. The Morgan fingerprint density at radius 2 is 1.59 bits per heavy atom. The summed E-state index contributed by atoms with van der Waals surface area (Å²) >= 11 is 0. The van der Waals surface area contributed by atoms with E-state index >= 15 is 0 Å². The topological polar surface area (TPSA) is 90.2 Å². The predicted molar refractivity (Wildman–Crippen MR) is 135 cm³/mol. The summed E-state index contributed by atoms with van der Waals surface area (Å²) < 4.78 is 5.84. The average molecular weight is 465 g/mol. The molecule has 0 bridgehead atoms. The second-order valence-electron chi connectivity index (χ2n) is 9.93. The minimum atomic E-state index is -1.10. The van der Waals surface area contributed by atoms with Crippen LogP contribution in [0.2, 0.25) is 0 Å². The van der Waals surface area contributed by atoms with Gasteiger partial charge in [0.25, 0.3) is 0 Å². The second-order valence-corrected chi connectivity index (χ2v) is 9.93. The lowest BCUT2D eigenvalue weighted by Gasteiger charge is -2.25. The van der Waals surface area contributed by atoms with Crippen LogP contribution in [0.1, 0.15) is 67.9 Å². The Hall–Kier alpha value is -3.18. The highest BCUT2D eigenvalue weighted by Gasteiger charge is 2.26. The minimum absolute atomic E-state index is 0.0587. The van der Waals surface area contributed by atoms with Gasteiger partial charge in [-0.15, -0.1) is 0 Å². The maximum absolute atomic E-state index is 10.9. The molecule has 0 fully saturated rings. The van der Waals surface area contributed by atoms with E-state index < -0.39 is 5.60 Å². The van der Waals surface area contributed by atoms with Gasteiger partial charge in [-0.3, -0.25) is 0 Å². The van der Waals surface area contributed by atoms with Crippen LogP contribution in [0.3, 0.4) is 0 Å². The standard InChI is InChI=1S/C29H36O5/c1-18(2)7-6-10-29(5,33)26-9-8-21(15-28(26)32)14-25-20(4)13-24(17-27(25)31)34-23-12-19(3)11-22(30)16-23/h8-9,11-13,15-18,30-33H,6-7,10,14H2,1-5H3/t29-/m0/s1. The maximum Gasteiger partial charge on any atom is 0.131 e. The lowest BCUT2D eigenvalue weighted by Crippen LogP contribution is -2.21. The Morgan fingerprint density at radius 1 is 0.882 bits per heavy atom. The van der Waals surface area contributed by atoms with Crippen molar-refractivity contribution in [3.63, 3.8) is 0 Å². The lowest BCUT2D eigenvalue weighted by atomic mass is 9.87. The number of hydrogen-bond acceptors (Lipinski definition) is 5. The Labute approximate surface area is 202 Å². The molecular weight excluding hydrogens is 428 g/mol. The normalized spacial score (nSPS) is 13.1. The first kappa shape index (κ1) is 25.4. The molecule has 0 radical (unpaired) electrons. The van der Waals surface area contributed by atoms with E-state index in [1.807, 2.05) is 32.0 Å². The molecule has 5 heteroatoms. The predicted octanol–water partition coefficient (Wildman–Crippen LogP) is 6.84. The first-order chi connectivity index (χ1) is 15.9. The highest BCUT2D eigenvalue weighted by molar-refractivity contribution is 5.50. The van der Waals surface area contributed by atoms with Gasteiger partial charge >= 0.3 is 0 Å². The highest BCUT2D eigenvalue weighted by Crippen LogP contribution is 2.37. The third-order valence-corrected chi connectivity index (χ3v) is 6.16. The molecule has 3 rings (SSSR count). The number of phenolic OH excluding ortho intramolecular Hbond substituents is 3. The van der Waals surface area contributed by atoms with Gasteiger partial charge in [0, 0.05) is 29.7 Å². The highest BCUT2D eigenvalue weighted by atomic mass is 16.5. The van der Waals surface area contributed by atoms with Gasteiger partial charge in [-0.1, -0.05) is 32.4 Å². The molecule has 0 aromatic heterocycles. The molecule has 182 valence electrons. The molecule has 34 heavy (non-hydrogen) atoms. The first-order valence-corrected chi connectivity index (χ1v) is 11.8. The van der Waals surface area contributed by atoms with Crippen molar-refractivity contribution in [2.45, 2.75) is 65.9 Å².